The molecule has 0 aliphatic rings. The minimum absolute atomic E-state index is 0.204. The van der Waals surface area contributed by atoms with Crippen molar-refractivity contribution in [3.05, 3.63) is 72.6 Å². The van der Waals surface area contributed by atoms with Gasteiger partial charge in [-0.1, -0.05) is 30.0 Å². The summed E-state index contributed by atoms with van der Waals surface area (Å²) < 4.78 is 6.67. The molecule has 0 spiro atoms. The number of para-hydroxylation sites is 1. The third kappa shape index (κ3) is 5.13. The molecular formula is C23H23N7O3. The molecule has 2 heterocycles. The number of amides is 2. The fourth-order valence-electron chi connectivity index (χ4n) is 3.33. The Hall–Kier alpha value is -4.31. The van der Waals surface area contributed by atoms with Gasteiger partial charge in [-0.2, -0.15) is 5.10 Å². The minimum Gasteiger partial charge on any atom is -0.383 e. The van der Waals surface area contributed by atoms with Crippen LogP contribution in [0.1, 0.15) is 16.1 Å². The predicted molar refractivity (Wildman–Crippen MR) is 123 cm³/mol. The molecule has 2 aromatic heterocycles. The predicted octanol–water partition coefficient (Wildman–Crippen LogP) is 2.52. The molecule has 0 atom stereocenters. The summed E-state index contributed by atoms with van der Waals surface area (Å²) in [6.07, 6.45) is 2.92. The number of aromatic nitrogens is 5. The number of anilines is 1. The molecule has 3 N–H and O–H groups in total. The fraction of sp³-hybridized carbons (Fsp3) is 0.174. The van der Waals surface area contributed by atoms with E-state index in [-0.39, 0.29) is 18.4 Å². The first kappa shape index (κ1) is 21.9. The smallest absolute Gasteiger partial charge is 0.251 e. The first-order chi connectivity index (χ1) is 16.1. The quantitative estimate of drug-likeness (QED) is 0.340. The van der Waals surface area contributed by atoms with Gasteiger partial charge in [0.25, 0.3) is 5.91 Å². The van der Waals surface area contributed by atoms with Crippen LogP contribution in [0.4, 0.5) is 5.69 Å². The van der Waals surface area contributed by atoms with Crippen LogP contribution in [-0.2, 0) is 22.6 Å². The minimum atomic E-state index is -0.377. The second-order valence-electron chi connectivity index (χ2n) is 7.26. The number of carbonyl (C=O) groups excluding carboxylic acids is 2. The van der Waals surface area contributed by atoms with Crippen LogP contribution in [-0.4, -0.2) is 50.7 Å². The van der Waals surface area contributed by atoms with Crippen molar-refractivity contribution in [1.82, 2.24) is 30.5 Å². The van der Waals surface area contributed by atoms with Gasteiger partial charge < -0.3 is 15.4 Å². The van der Waals surface area contributed by atoms with E-state index in [0.29, 0.717) is 41.4 Å². The van der Waals surface area contributed by atoms with Gasteiger partial charge in [-0.05, 0) is 30.3 Å². The lowest BCUT2D eigenvalue weighted by molar-refractivity contribution is -0.111. The molecule has 4 rings (SSSR count). The van der Waals surface area contributed by atoms with E-state index >= 15 is 0 Å². The van der Waals surface area contributed by atoms with Crippen molar-refractivity contribution in [2.24, 2.45) is 0 Å². The molecule has 0 radical (unpaired) electrons. The van der Waals surface area contributed by atoms with Gasteiger partial charge in [-0.25, -0.2) is 4.68 Å². The average Bonchev–Trinajstić information content (AvgIpc) is 3.47. The average molecular weight is 445 g/mol. The molecule has 10 nitrogen and oxygen atoms in total. The second kappa shape index (κ2) is 9.88. The highest BCUT2D eigenvalue weighted by atomic mass is 16.5. The summed E-state index contributed by atoms with van der Waals surface area (Å²) >= 11 is 0. The lowest BCUT2D eigenvalue weighted by Gasteiger charge is -2.10. The summed E-state index contributed by atoms with van der Waals surface area (Å²) in [6, 6.07) is 12.8. The Bertz CT molecular complexity index is 1310. The van der Waals surface area contributed by atoms with Crippen molar-refractivity contribution >= 4 is 28.4 Å². The summed E-state index contributed by atoms with van der Waals surface area (Å²) in [5, 5.41) is 21.9. The van der Waals surface area contributed by atoms with Crippen LogP contribution in [0.5, 0.6) is 0 Å². The molecule has 4 aromatic rings. The normalized spacial score (nSPS) is 10.8. The number of fused-ring (bicyclic) bond motifs is 1. The van der Waals surface area contributed by atoms with E-state index in [0.717, 1.165) is 10.9 Å². The van der Waals surface area contributed by atoms with Crippen molar-refractivity contribution in [2.45, 2.75) is 13.1 Å². The van der Waals surface area contributed by atoms with Crippen molar-refractivity contribution in [1.29, 1.82) is 0 Å². The van der Waals surface area contributed by atoms with Crippen LogP contribution in [0.15, 0.2) is 61.3 Å². The number of H-pyrrole nitrogens is 1. The van der Waals surface area contributed by atoms with Crippen LogP contribution in [0.25, 0.3) is 22.2 Å². The number of hydrogen-bond donors (Lipinski definition) is 3. The molecule has 0 aliphatic carbocycles. The Labute approximate surface area is 189 Å². The molecule has 0 saturated heterocycles. The van der Waals surface area contributed by atoms with Gasteiger partial charge in [0.15, 0.2) is 0 Å². The van der Waals surface area contributed by atoms with E-state index in [1.54, 1.807) is 36.2 Å². The van der Waals surface area contributed by atoms with Crippen molar-refractivity contribution in [3.8, 4) is 11.3 Å². The maximum atomic E-state index is 12.9. The zero-order valence-corrected chi connectivity index (χ0v) is 18.0. The first-order valence-electron chi connectivity index (χ1n) is 10.3. The second-order valence-corrected chi connectivity index (χ2v) is 7.26. The summed E-state index contributed by atoms with van der Waals surface area (Å²) in [5.74, 6) is -0.699. The largest absolute Gasteiger partial charge is 0.383 e. The zero-order chi connectivity index (χ0) is 23.2. The maximum absolute atomic E-state index is 12.9. The topological polar surface area (TPSA) is 127 Å². The number of hydrogen-bond acceptors (Lipinski definition) is 6. The Balaban J connectivity index is 1.59. The fourth-order valence-corrected chi connectivity index (χ4v) is 3.33. The Morgan fingerprint density at radius 3 is 2.91 bits per heavy atom. The highest BCUT2D eigenvalue weighted by Gasteiger charge is 2.15. The lowest BCUT2D eigenvalue weighted by atomic mass is 10.0. The number of aromatic amines is 1. The van der Waals surface area contributed by atoms with Gasteiger partial charge in [0.2, 0.25) is 5.91 Å². The van der Waals surface area contributed by atoms with Crippen LogP contribution in [0.3, 0.4) is 0 Å². The van der Waals surface area contributed by atoms with E-state index in [1.807, 2.05) is 24.3 Å². The molecule has 33 heavy (non-hydrogen) atoms. The van der Waals surface area contributed by atoms with Crippen LogP contribution < -0.4 is 10.6 Å². The molecule has 2 amide bonds. The van der Waals surface area contributed by atoms with Crippen LogP contribution in [0.2, 0.25) is 0 Å². The zero-order valence-electron chi connectivity index (χ0n) is 18.0. The molecule has 10 heteroatoms. The molecule has 168 valence electrons. The lowest BCUT2D eigenvalue weighted by Crippen LogP contribution is -2.23. The van der Waals surface area contributed by atoms with E-state index in [9.17, 15) is 9.59 Å². The van der Waals surface area contributed by atoms with Crippen LogP contribution in [0, 0.1) is 0 Å². The van der Waals surface area contributed by atoms with E-state index in [1.165, 1.54) is 6.08 Å². The summed E-state index contributed by atoms with van der Waals surface area (Å²) in [4.78, 5) is 24.8. The third-order valence-corrected chi connectivity index (χ3v) is 4.93. The monoisotopic (exact) mass is 445 g/mol. The number of benzene rings is 2. The van der Waals surface area contributed by atoms with Gasteiger partial charge in [0.1, 0.15) is 5.69 Å². The van der Waals surface area contributed by atoms with Crippen molar-refractivity contribution in [2.75, 3.05) is 19.0 Å². The Kier molecular flexibility index (Phi) is 6.56. The van der Waals surface area contributed by atoms with Gasteiger partial charge in [0.05, 0.1) is 37.1 Å². The SMILES string of the molecule is C=CC(=O)Nc1cc(C(=O)NCc2cn(CCOC)nn2)cc(-c2n[nH]c3ccccc23)c1. The number of ether oxygens (including phenoxy) is 1. The number of rotatable bonds is 9. The molecular weight excluding hydrogens is 422 g/mol. The standard InChI is InChI=1S/C23H23N7O3/c1-3-21(31)25-17-11-15(22-19-6-4-5-7-20(19)27-28-22)10-16(12-17)23(32)24-13-18-14-30(29-26-18)8-9-33-2/h3-7,10-12,14H,1,8-9,13H2,2H3,(H,24,32)(H,25,31)(H,27,28). The molecule has 0 bridgehead atoms. The first-order valence-corrected chi connectivity index (χ1v) is 10.3. The summed E-state index contributed by atoms with van der Waals surface area (Å²) in [5.41, 5.74) is 3.68. The van der Waals surface area contributed by atoms with Gasteiger partial charge >= 0.3 is 0 Å². The number of carbonyl (C=O) groups is 2. The van der Waals surface area contributed by atoms with Crippen LogP contribution >= 0.6 is 0 Å². The van der Waals surface area contributed by atoms with E-state index in [4.69, 9.17) is 4.74 Å². The maximum Gasteiger partial charge on any atom is 0.251 e. The van der Waals surface area contributed by atoms with Gasteiger partial charge in [-0.15, -0.1) is 5.10 Å². The summed E-state index contributed by atoms with van der Waals surface area (Å²) in [6.45, 7) is 4.77. The van der Waals surface area contributed by atoms with Crippen molar-refractivity contribution in [3.63, 3.8) is 0 Å². The number of nitrogens with zero attached hydrogens (tertiary/aromatic N) is 4. The van der Waals surface area contributed by atoms with E-state index in [2.05, 4.69) is 37.7 Å². The van der Waals surface area contributed by atoms with E-state index < -0.39 is 0 Å². The van der Waals surface area contributed by atoms with Crippen molar-refractivity contribution < 1.29 is 14.3 Å². The molecule has 0 aliphatic heterocycles. The molecule has 2 aromatic carbocycles. The number of methoxy groups -OCH3 is 1. The molecule has 0 fully saturated rings. The Morgan fingerprint density at radius 1 is 1.24 bits per heavy atom. The highest BCUT2D eigenvalue weighted by Crippen LogP contribution is 2.29. The highest BCUT2D eigenvalue weighted by molar-refractivity contribution is 6.03. The number of nitrogens with one attached hydrogen (secondary N) is 3. The van der Waals surface area contributed by atoms with Gasteiger partial charge in [-0.3, -0.25) is 14.7 Å². The Morgan fingerprint density at radius 2 is 2.09 bits per heavy atom. The summed E-state index contributed by atoms with van der Waals surface area (Å²) in [7, 11) is 1.61. The molecule has 0 saturated carbocycles. The molecule has 0 unspecified atom stereocenters. The van der Waals surface area contributed by atoms with Gasteiger partial charge in [0, 0.05) is 29.3 Å². The third-order valence-electron chi connectivity index (χ3n) is 4.93.